The molecule has 0 unspecified atom stereocenters. The van der Waals surface area contributed by atoms with Crippen LogP contribution in [0, 0.1) is 13.8 Å². The SMILES string of the molecule is COc1ccc(NC(=O)c2ccc(-c3ccc(-c4nc(C)ns4)cc3C)cc2)cc1N1CCN(C)CC1. The minimum atomic E-state index is -0.139. The predicted octanol–water partition coefficient (Wildman–Crippen LogP) is 5.50. The van der Waals surface area contributed by atoms with Crippen LogP contribution in [-0.4, -0.2) is 60.5 Å². The molecule has 0 spiro atoms. The molecule has 8 heteroatoms. The van der Waals surface area contributed by atoms with Gasteiger partial charge in [-0.05, 0) is 85.5 Å². The van der Waals surface area contributed by atoms with Crippen LogP contribution in [0.1, 0.15) is 21.7 Å². The number of likely N-dealkylation sites (N-methyl/N-ethyl adjacent to an activating group) is 1. The third kappa shape index (κ3) is 5.50. The van der Waals surface area contributed by atoms with E-state index in [2.05, 4.69) is 56.6 Å². The molecule has 2 heterocycles. The van der Waals surface area contributed by atoms with Crippen LogP contribution in [0.2, 0.25) is 0 Å². The Morgan fingerprint density at radius 3 is 2.32 bits per heavy atom. The van der Waals surface area contributed by atoms with Crippen LogP contribution in [0.15, 0.2) is 60.7 Å². The number of benzene rings is 3. The maximum Gasteiger partial charge on any atom is 0.255 e. The molecule has 1 amide bonds. The van der Waals surface area contributed by atoms with E-state index in [0.717, 1.165) is 76.4 Å². The Kier molecular flexibility index (Phi) is 7.21. The molecule has 1 aliphatic rings. The van der Waals surface area contributed by atoms with E-state index < -0.39 is 0 Å². The van der Waals surface area contributed by atoms with Crippen LogP contribution in [0.25, 0.3) is 21.7 Å². The van der Waals surface area contributed by atoms with Crippen LogP contribution >= 0.6 is 11.5 Å². The summed E-state index contributed by atoms with van der Waals surface area (Å²) >= 11 is 1.41. The molecule has 7 nitrogen and oxygen atoms in total. The Morgan fingerprint density at radius 2 is 1.68 bits per heavy atom. The van der Waals surface area contributed by atoms with Gasteiger partial charge in [0.1, 0.15) is 16.6 Å². The molecule has 4 aromatic rings. The van der Waals surface area contributed by atoms with Gasteiger partial charge < -0.3 is 19.9 Å². The van der Waals surface area contributed by atoms with Gasteiger partial charge in [-0.25, -0.2) is 4.98 Å². The molecular weight excluding hydrogens is 482 g/mol. The van der Waals surface area contributed by atoms with Crippen molar-refractivity contribution in [2.75, 3.05) is 50.6 Å². The summed E-state index contributed by atoms with van der Waals surface area (Å²) in [5.41, 5.74) is 6.78. The van der Waals surface area contributed by atoms with E-state index in [-0.39, 0.29) is 5.91 Å². The van der Waals surface area contributed by atoms with Gasteiger partial charge in [0.2, 0.25) is 0 Å². The summed E-state index contributed by atoms with van der Waals surface area (Å²) in [6.45, 7) is 7.83. The molecule has 0 radical (unpaired) electrons. The van der Waals surface area contributed by atoms with Crippen LogP contribution in [0.5, 0.6) is 5.75 Å². The normalized spacial score (nSPS) is 14.0. The van der Waals surface area contributed by atoms with Crippen molar-refractivity contribution in [3.63, 3.8) is 0 Å². The van der Waals surface area contributed by atoms with Crippen molar-refractivity contribution in [3.8, 4) is 27.4 Å². The number of anilines is 2. The maximum atomic E-state index is 13.0. The molecule has 1 N–H and O–H groups in total. The van der Waals surface area contributed by atoms with Crippen molar-refractivity contribution >= 4 is 28.8 Å². The van der Waals surface area contributed by atoms with Crippen molar-refractivity contribution < 1.29 is 9.53 Å². The fourth-order valence-electron chi connectivity index (χ4n) is 4.60. The van der Waals surface area contributed by atoms with Gasteiger partial charge in [0.15, 0.2) is 0 Å². The van der Waals surface area contributed by atoms with Crippen molar-refractivity contribution in [1.29, 1.82) is 0 Å². The number of rotatable bonds is 6. The Morgan fingerprint density at radius 1 is 0.946 bits per heavy atom. The molecular formula is C29H31N5O2S. The number of ether oxygens (including phenoxy) is 1. The molecule has 5 rings (SSSR count). The molecule has 0 saturated carbocycles. The first-order valence-corrected chi connectivity index (χ1v) is 13.1. The lowest BCUT2D eigenvalue weighted by Gasteiger charge is -2.34. The van der Waals surface area contributed by atoms with Gasteiger partial charge in [0.25, 0.3) is 5.91 Å². The third-order valence-electron chi connectivity index (χ3n) is 6.74. The molecule has 3 aromatic carbocycles. The Labute approximate surface area is 221 Å². The van der Waals surface area contributed by atoms with Crippen molar-refractivity contribution in [3.05, 3.63) is 77.6 Å². The highest BCUT2D eigenvalue weighted by atomic mass is 32.1. The van der Waals surface area contributed by atoms with Crippen molar-refractivity contribution in [2.24, 2.45) is 0 Å². The number of amides is 1. The molecule has 1 aliphatic heterocycles. The summed E-state index contributed by atoms with van der Waals surface area (Å²) in [6, 6.07) is 19.9. The fraction of sp³-hybridized carbons (Fsp3) is 0.276. The van der Waals surface area contributed by atoms with Crippen molar-refractivity contribution in [2.45, 2.75) is 13.8 Å². The molecule has 1 fully saturated rings. The van der Waals surface area contributed by atoms with Crippen LogP contribution < -0.4 is 15.0 Å². The van der Waals surface area contributed by atoms with Crippen LogP contribution in [0.3, 0.4) is 0 Å². The average Bonchev–Trinajstić information content (AvgIpc) is 3.35. The van der Waals surface area contributed by atoms with E-state index in [9.17, 15) is 4.79 Å². The lowest BCUT2D eigenvalue weighted by Crippen LogP contribution is -2.44. The molecule has 0 atom stereocenters. The van der Waals surface area contributed by atoms with Gasteiger partial charge in [-0.1, -0.05) is 24.3 Å². The van der Waals surface area contributed by atoms with Gasteiger partial charge in [0.05, 0.1) is 12.8 Å². The third-order valence-corrected chi connectivity index (χ3v) is 7.60. The number of carbonyl (C=O) groups is 1. The van der Waals surface area contributed by atoms with Gasteiger partial charge in [-0.15, -0.1) is 0 Å². The number of hydrogen-bond donors (Lipinski definition) is 1. The van der Waals surface area contributed by atoms with E-state index in [1.165, 1.54) is 11.5 Å². The van der Waals surface area contributed by atoms with Crippen LogP contribution in [-0.2, 0) is 0 Å². The molecule has 0 aliphatic carbocycles. The topological polar surface area (TPSA) is 70.6 Å². The van der Waals surface area contributed by atoms with Crippen molar-refractivity contribution in [1.82, 2.24) is 14.3 Å². The van der Waals surface area contributed by atoms with E-state index in [0.29, 0.717) is 5.56 Å². The zero-order valence-corrected chi connectivity index (χ0v) is 22.4. The minimum absolute atomic E-state index is 0.139. The molecule has 0 bridgehead atoms. The van der Waals surface area contributed by atoms with E-state index in [1.54, 1.807) is 7.11 Å². The second-order valence-corrected chi connectivity index (χ2v) is 10.1. The first kappa shape index (κ1) is 24.9. The van der Waals surface area contributed by atoms with E-state index in [4.69, 9.17) is 4.74 Å². The quantitative estimate of drug-likeness (QED) is 0.367. The summed E-state index contributed by atoms with van der Waals surface area (Å²) in [7, 11) is 3.81. The number of aryl methyl sites for hydroxylation is 2. The number of hydrogen-bond acceptors (Lipinski definition) is 7. The Hall–Kier alpha value is -3.75. The fourth-order valence-corrected chi connectivity index (χ4v) is 5.27. The maximum absolute atomic E-state index is 13.0. The molecule has 1 aromatic heterocycles. The first-order chi connectivity index (χ1) is 17.9. The highest BCUT2D eigenvalue weighted by Gasteiger charge is 2.19. The second-order valence-electron chi connectivity index (χ2n) is 9.38. The predicted molar refractivity (Wildman–Crippen MR) is 151 cm³/mol. The van der Waals surface area contributed by atoms with Gasteiger partial charge in [-0.3, -0.25) is 4.79 Å². The highest BCUT2D eigenvalue weighted by Crippen LogP contribution is 2.33. The van der Waals surface area contributed by atoms with Crippen LogP contribution in [0.4, 0.5) is 11.4 Å². The summed E-state index contributed by atoms with van der Waals surface area (Å²) in [5, 5.41) is 3.98. The van der Waals surface area contributed by atoms with Gasteiger partial charge in [0, 0.05) is 43.0 Å². The van der Waals surface area contributed by atoms with Gasteiger partial charge >= 0.3 is 0 Å². The number of nitrogens with one attached hydrogen (secondary N) is 1. The minimum Gasteiger partial charge on any atom is -0.495 e. The second kappa shape index (κ2) is 10.7. The van der Waals surface area contributed by atoms with E-state index in [1.807, 2.05) is 49.4 Å². The molecule has 37 heavy (non-hydrogen) atoms. The van der Waals surface area contributed by atoms with Gasteiger partial charge in [-0.2, -0.15) is 4.37 Å². The number of methoxy groups -OCH3 is 1. The largest absolute Gasteiger partial charge is 0.495 e. The summed E-state index contributed by atoms with van der Waals surface area (Å²) in [6.07, 6.45) is 0. The summed E-state index contributed by atoms with van der Waals surface area (Å²) < 4.78 is 9.88. The molecule has 190 valence electrons. The zero-order valence-electron chi connectivity index (χ0n) is 21.6. The molecule has 1 saturated heterocycles. The smallest absolute Gasteiger partial charge is 0.255 e. The Bertz CT molecular complexity index is 1410. The Balaban J connectivity index is 1.30. The standard InChI is InChI=1S/C29H31N5O2S/c1-19-17-23(29-30-20(2)32-37-29)9-11-25(19)21-5-7-22(8-6-21)28(35)31-24-10-12-27(36-4)26(18-24)34-15-13-33(3)14-16-34/h5-12,17-18H,13-16H2,1-4H3,(H,31,35). The number of carbonyl (C=O) groups excluding carboxylic acids is 1. The summed E-state index contributed by atoms with van der Waals surface area (Å²) in [5.74, 6) is 1.47. The number of aromatic nitrogens is 2. The average molecular weight is 514 g/mol. The highest BCUT2D eigenvalue weighted by molar-refractivity contribution is 7.09. The lowest BCUT2D eigenvalue weighted by molar-refractivity contribution is 0.102. The first-order valence-electron chi connectivity index (χ1n) is 12.4. The number of nitrogens with zero attached hydrogens (tertiary/aromatic N) is 4. The number of piperazine rings is 1. The lowest BCUT2D eigenvalue weighted by atomic mass is 9.97. The zero-order chi connectivity index (χ0) is 25.9. The summed E-state index contributed by atoms with van der Waals surface area (Å²) in [4.78, 5) is 22.2. The monoisotopic (exact) mass is 513 g/mol. The van der Waals surface area contributed by atoms with E-state index >= 15 is 0 Å².